The number of nitrogens with zero attached hydrogens (tertiary/aromatic N) is 3. The number of rotatable bonds is 4. The first-order valence-electron chi connectivity index (χ1n) is 8.20. The molecule has 0 spiro atoms. The minimum atomic E-state index is -0.236. The van der Waals surface area contributed by atoms with Gasteiger partial charge >= 0.3 is 0 Å². The van der Waals surface area contributed by atoms with Crippen LogP contribution in [0, 0.1) is 5.82 Å². The van der Waals surface area contributed by atoms with E-state index in [0.717, 1.165) is 24.1 Å². The summed E-state index contributed by atoms with van der Waals surface area (Å²) in [6, 6.07) is 7.34. The molecule has 0 saturated carbocycles. The largest absolute Gasteiger partial charge is 0.350 e. The smallest absolute Gasteiger partial charge is 0.222 e. The fourth-order valence-corrected chi connectivity index (χ4v) is 2.97. The standard InChI is InChI=1S/C18H23FN4/c1-13(2)23-9-3-4-17(12-23)22-18-20-10-15(11-21-18)14-5-7-16(19)8-6-14/h5-8,10-11,13,17H,3-4,9,12H2,1-2H3,(H,20,21,22). The van der Waals surface area contributed by atoms with Crippen LogP contribution in [-0.2, 0) is 0 Å². The second-order valence-corrected chi connectivity index (χ2v) is 6.37. The molecule has 1 atom stereocenters. The SMILES string of the molecule is CC(C)N1CCCC(Nc2ncc(-c3ccc(F)cc3)cn2)C1. The van der Waals surface area contributed by atoms with Gasteiger partial charge in [0.05, 0.1) is 0 Å². The molecule has 1 aromatic heterocycles. The first kappa shape index (κ1) is 15.9. The van der Waals surface area contributed by atoms with Crippen LogP contribution in [0.15, 0.2) is 36.7 Å². The van der Waals surface area contributed by atoms with E-state index in [1.54, 1.807) is 24.5 Å². The van der Waals surface area contributed by atoms with Crippen molar-refractivity contribution in [3.63, 3.8) is 0 Å². The molecule has 122 valence electrons. The highest BCUT2D eigenvalue weighted by Gasteiger charge is 2.21. The summed E-state index contributed by atoms with van der Waals surface area (Å²) in [7, 11) is 0. The van der Waals surface area contributed by atoms with Crippen molar-refractivity contribution in [1.29, 1.82) is 0 Å². The fourth-order valence-electron chi connectivity index (χ4n) is 2.97. The van der Waals surface area contributed by atoms with Crippen LogP contribution in [0.25, 0.3) is 11.1 Å². The van der Waals surface area contributed by atoms with Crippen LogP contribution in [-0.4, -0.2) is 40.0 Å². The van der Waals surface area contributed by atoms with Gasteiger partial charge in [0.25, 0.3) is 0 Å². The first-order valence-corrected chi connectivity index (χ1v) is 8.20. The van der Waals surface area contributed by atoms with E-state index in [0.29, 0.717) is 18.0 Å². The van der Waals surface area contributed by atoms with Gasteiger partial charge in [0, 0.05) is 36.6 Å². The summed E-state index contributed by atoms with van der Waals surface area (Å²) in [5.74, 6) is 0.423. The van der Waals surface area contributed by atoms with Crippen LogP contribution in [0.1, 0.15) is 26.7 Å². The van der Waals surface area contributed by atoms with Crippen molar-refractivity contribution in [2.75, 3.05) is 18.4 Å². The Labute approximate surface area is 136 Å². The summed E-state index contributed by atoms with van der Waals surface area (Å²) in [4.78, 5) is 11.3. The van der Waals surface area contributed by atoms with Crippen LogP contribution >= 0.6 is 0 Å². The molecular weight excluding hydrogens is 291 g/mol. The van der Waals surface area contributed by atoms with Gasteiger partial charge in [-0.2, -0.15) is 0 Å². The zero-order valence-corrected chi connectivity index (χ0v) is 13.7. The zero-order chi connectivity index (χ0) is 16.2. The van der Waals surface area contributed by atoms with Gasteiger partial charge in [-0.15, -0.1) is 0 Å². The first-order chi connectivity index (χ1) is 11.1. The lowest BCUT2D eigenvalue weighted by molar-refractivity contribution is 0.174. The Morgan fingerprint density at radius 2 is 1.83 bits per heavy atom. The van der Waals surface area contributed by atoms with Crippen molar-refractivity contribution in [2.24, 2.45) is 0 Å². The lowest BCUT2D eigenvalue weighted by Crippen LogP contribution is -2.45. The zero-order valence-electron chi connectivity index (χ0n) is 13.7. The Kier molecular flexibility index (Phi) is 4.86. The molecule has 0 radical (unpaired) electrons. The summed E-state index contributed by atoms with van der Waals surface area (Å²) in [6.45, 7) is 6.66. The minimum absolute atomic E-state index is 0.236. The van der Waals surface area contributed by atoms with Crippen LogP contribution < -0.4 is 5.32 Å². The number of halogens is 1. The van der Waals surface area contributed by atoms with Crippen molar-refractivity contribution in [3.8, 4) is 11.1 Å². The van der Waals surface area contributed by atoms with Crippen LogP contribution in [0.2, 0.25) is 0 Å². The molecule has 23 heavy (non-hydrogen) atoms. The number of aromatic nitrogens is 2. The van der Waals surface area contributed by atoms with Gasteiger partial charge in [0.1, 0.15) is 5.82 Å². The van der Waals surface area contributed by atoms with E-state index in [1.165, 1.54) is 25.1 Å². The lowest BCUT2D eigenvalue weighted by Gasteiger charge is -2.35. The maximum Gasteiger partial charge on any atom is 0.222 e. The molecule has 1 unspecified atom stereocenters. The molecule has 3 rings (SSSR count). The van der Waals surface area contributed by atoms with E-state index in [-0.39, 0.29) is 5.82 Å². The van der Waals surface area contributed by atoms with E-state index in [4.69, 9.17) is 0 Å². The molecule has 1 saturated heterocycles. The number of hydrogen-bond acceptors (Lipinski definition) is 4. The normalized spacial score (nSPS) is 19.0. The monoisotopic (exact) mass is 314 g/mol. The average molecular weight is 314 g/mol. The number of anilines is 1. The third-order valence-corrected chi connectivity index (χ3v) is 4.35. The summed E-state index contributed by atoms with van der Waals surface area (Å²) in [5.41, 5.74) is 1.81. The van der Waals surface area contributed by atoms with Crippen molar-refractivity contribution < 1.29 is 4.39 Å². The maximum absolute atomic E-state index is 13.0. The van der Waals surface area contributed by atoms with E-state index in [2.05, 4.69) is 34.0 Å². The Morgan fingerprint density at radius 1 is 1.13 bits per heavy atom. The molecule has 1 aliphatic heterocycles. The van der Waals surface area contributed by atoms with Crippen LogP contribution in [0.3, 0.4) is 0 Å². The summed E-state index contributed by atoms with van der Waals surface area (Å²) in [6.07, 6.45) is 5.91. The van der Waals surface area contributed by atoms with Gasteiger partial charge in [-0.3, -0.25) is 4.90 Å². The van der Waals surface area contributed by atoms with Crippen LogP contribution in [0.5, 0.6) is 0 Å². The highest BCUT2D eigenvalue weighted by Crippen LogP contribution is 2.20. The van der Waals surface area contributed by atoms with Gasteiger partial charge < -0.3 is 5.32 Å². The second-order valence-electron chi connectivity index (χ2n) is 6.37. The number of hydrogen-bond donors (Lipinski definition) is 1. The molecule has 1 N–H and O–H groups in total. The highest BCUT2D eigenvalue weighted by atomic mass is 19.1. The topological polar surface area (TPSA) is 41.0 Å². The van der Waals surface area contributed by atoms with E-state index in [9.17, 15) is 4.39 Å². The minimum Gasteiger partial charge on any atom is -0.350 e. The Balaban J connectivity index is 1.64. The summed E-state index contributed by atoms with van der Waals surface area (Å²) in [5, 5.41) is 3.43. The molecular formula is C18H23FN4. The Bertz CT molecular complexity index is 624. The van der Waals surface area contributed by atoms with Crippen molar-refractivity contribution in [1.82, 2.24) is 14.9 Å². The van der Waals surface area contributed by atoms with Gasteiger partial charge in [-0.25, -0.2) is 14.4 Å². The third kappa shape index (κ3) is 4.05. The number of piperidine rings is 1. The number of benzene rings is 1. The molecule has 0 bridgehead atoms. The van der Waals surface area contributed by atoms with Crippen molar-refractivity contribution >= 4 is 5.95 Å². The van der Waals surface area contributed by atoms with E-state index < -0.39 is 0 Å². The lowest BCUT2D eigenvalue weighted by atomic mass is 10.0. The van der Waals surface area contributed by atoms with Crippen molar-refractivity contribution in [3.05, 3.63) is 42.5 Å². The molecule has 5 heteroatoms. The molecule has 1 aliphatic rings. The molecule has 0 amide bonds. The predicted octanol–water partition coefficient (Wildman–Crippen LogP) is 3.57. The Morgan fingerprint density at radius 3 is 2.48 bits per heavy atom. The summed E-state index contributed by atoms with van der Waals surface area (Å²) >= 11 is 0. The van der Waals surface area contributed by atoms with Gasteiger partial charge in [-0.05, 0) is 50.9 Å². The highest BCUT2D eigenvalue weighted by molar-refractivity contribution is 5.61. The van der Waals surface area contributed by atoms with E-state index in [1.807, 2.05) is 0 Å². The Hall–Kier alpha value is -2.01. The molecule has 2 heterocycles. The number of nitrogens with one attached hydrogen (secondary N) is 1. The fraction of sp³-hybridized carbons (Fsp3) is 0.444. The van der Waals surface area contributed by atoms with Crippen LogP contribution in [0.4, 0.5) is 10.3 Å². The van der Waals surface area contributed by atoms with Gasteiger partial charge in [0.2, 0.25) is 5.95 Å². The van der Waals surface area contributed by atoms with Gasteiger partial charge in [0.15, 0.2) is 0 Å². The van der Waals surface area contributed by atoms with Gasteiger partial charge in [-0.1, -0.05) is 12.1 Å². The average Bonchev–Trinajstić information content (AvgIpc) is 2.57. The molecule has 0 aliphatic carbocycles. The molecule has 2 aromatic rings. The molecule has 4 nitrogen and oxygen atoms in total. The number of likely N-dealkylation sites (tertiary alicyclic amines) is 1. The predicted molar refractivity (Wildman–Crippen MR) is 90.8 cm³/mol. The van der Waals surface area contributed by atoms with E-state index >= 15 is 0 Å². The molecule has 1 fully saturated rings. The quantitative estimate of drug-likeness (QED) is 0.937. The third-order valence-electron chi connectivity index (χ3n) is 4.35. The summed E-state index contributed by atoms with van der Waals surface area (Å²) < 4.78 is 13.0. The molecule has 1 aromatic carbocycles. The maximum atomic E-state index is 13.0. The second kappa shape index (κ2) is 7.04. The van der Waals surface area contributed by atoms with Crippen molar-refractivity contribution in [2.45, 2.75) is 38.8 Å².